The van der Waals surface area contributed by atoms with Crippen LogP contribution < -0.4 is 5.32 Å². The molecule has 5 heteroatoms. The van der Waals surface area contributed by atoms with Crippen LogP contribution in [0.15, 0.2) is 30.3 Å². The molecule has 0 spiro atoms. The molecule has 1 aliphatic heterocycles. The highest BCUT2D eigenvalue weighted by Gasteiger charge is 2.45. The predicted molar refractivity (Wildman–Crippen MR) is 68.9 cm³/mol. The molecule has 2 rings (SSSR count). The summed E-state index contributed by atoms with van der Waals surface area (Å²) in [7, 11) is 1.80. The molecule has 2 nitrogen and oxygen atoms in total. The number of likely N-dealkylation sites (N-methyl/N-ethyl adjacent to an activating group) is 1. The van der Waals surface area contributed by atoms with Crippen molar-refractivity contribution in [3.05, 3.63) is 35.9 Å². The monoisotopic (exact) mass is 272 g/mol. The molecule has 106 valence electrons. The van der Waals surface area contributed by atoms with Crippen molar-refractivity contribution in [3.8, 4) is 0 Å². The van der Waals surface area contributed by atoms with E-state index >= 15 is 0 Å². The van der Waals surface area contributed by atoms with Crippen molar-refractivity contribution in [1.29, 1.82) is 0 Å². The summed E-state index contributed by atoms with van der Waals surface area (Å²) in [6.07, 6.45) is -2.51. The molecule has 0 bridgehead atoms. The maximum Gasteiger partial charge on any atom is 0.408 e. The fraction of sp³-hybridized carbons (Fsp3) is 0.571. The zero-order valence-corrected chi connectivity index (χ0v) is 11.0. The Labute approximate surface area is 111 Å². The molecule has 0 amide bonds. The third-order valence-corrected chi connectivity index (χ3v) is 3.65. The Morgan fingerprint density at radius 1 is 1.26 bits per heavy atom. The van der Waals surface area contributed by atoms with Crippen LogP contribution in [0.25, 0.3) is 0 Å². The van der Waals surface area contributed by atoms with E-state index in [0.29, 0.717) is 18.7 Å². The number of piperidine rings is 1. The van der Waals surface area contributed by atoms with Crippen molar-refractivity contribution in [2.75, 3.05) is 20.1 Å². The molecule has 19 heavy (non-hydrogen) atoms. The number of hydrogen-bond donors (Lipinski definition) is 1. The fourth-order valence-electron chi connectivity index (χ4n) is 2.72. The van der Waals surface area contributed by atoms with Gasteiger partial charge in [0, 0.05) is 12.6 Å². The Morgan fingerprint density at radius 3 is 2.53 bits per heavy atom. The van der Waals surface area contributed by atoms with Crippen molar-refractivity contribution in [3.63, 3.8) is 0 Å². The molecule has 2 unspecified atom stereocenters. The van der Waals surface area contributed by atoms with Crippen LogP contribution in [0.5, 0.6) is 0 Å². The highest BCUT2D eigenvalue weighted by Crippen LogP contribution is 2.38. The number of nitrogens with one attached hydrogen (secondary N) is 1. The van der Waals surface area contributed by atoms with E-state index in [-0.39, 0.29) is 6.04 Å². The van der Waals surface area contributed by atoms with Crippen LogP contribution in [-0.4, -0.2) is 37.3 Å². The van der Waals surface area contributed by atoms with E-state index in [0.717, 1.165) is 12.8 Å². The topological polar surface area (TPSA) is 15.3 Å². The fourth-order valence-corrected chi connectivity index (χ4v) is 2.72. The lowest BCUT2D eigenvalue weighted by Gasteiger charge is -2.39. The number of benzene rings is 1. The summed E-state index contributed by atoms with van der Waals surface area (Å²) in [6, 6.07) is 6.82. The minimum absolute atomic E-state index is 0.141. The second-order valence-electron chi connectivity index (χ2n) is 4.98. The lowest BCUT2D eigenvalue weighted by atomic mass is 9.99. The maximum absolute atomic E-state index is 13.4. The zero-order valence-electron chi connectivity index (χ0n) is 11.0. The predicted octanol–water partition coefficient (Wildman–Crippen LogP) is 2.97. The van der Waals surface area contributed by atoms with Crippen LogP contribution in [-0.2, 0) is 0 Å². The van der Waals surface area contributed by atoms with Gasteiger partial charge in [-0.25, -0.2) is 0 Å². The Balaban J connectivity index is 2.24. The quantitative estimate of drug-likeness (QED) is 0.910. The lowest BCUT2D eigenvalue weighted by Crippen LogP contribution is -2.49. The molecular formula is C14H19F3N2. The molecule has 1 aliphatic rings. The minimum atomic E-state index is -4.24. The first-order chi connectivity index (χ1) is 9.02. The van der Waals surface area contributed by atoms with Gasteiger partial charge in [0.2, 0.25) is 0 Å². The van der Waals surface area contributed by atoms with Crippen LogP contribution >= 0.6 is 0 Å². The largest absolute Gasteiger partial charge is 0.408 e. The Hall–Kier alpha value is -1.07. The van der Waals surface area contributed by atoms with Crippen molar-refractivity contribution in [1.82, 2.24) is 10.2 Å². The highest BCUT2D eigenvalue weighted by atomic mass is 19.4. The van der Waals surface area contributed by atoms with E-state index in [1.165, 1.54) is 0 Å². The lowest BCUT2D eigenvalue weighted by molar-refractivity contribution is -0.189. The van der Waals surface area contributed by atoms with Gasteiger partial charge in [-0.05, 0) is 32.0 Å². The smallest absolute Gasteiger partial charge is 0.316 e. The number of rotatable bonds is 3. The molecule has 1 aromatic carbocycles. The van der Waals surface area contributed by atoms with E-state index in [4.69, 9.17) is 0 Å². The molecule has 0 radical (unpaired) electrons. The average molecular weight is 272 g/mol. The van der Waals surface area contributed by atoms with E-state index in [1.807, 2.05) is 0 Å². The van der Waals surface area contributed by atoms with Crippen molar-refractivity contribution >= 4 is 0 Å². The second kappa shape index (κ2) is 5.92. The Morgan fingerprint density at radius 2 is 1.95 bits per heavy atom. The second-order valence-corrected chi connectivity index (χ2v) is 4.98. The summed E-state index contributed by atoms with van der Waals surface area (Å²) in [5.41, 5.74) is 0.326. The number of nitrogens with zero attached hydrogens (tertiary/aromatic N) is 1. The van der Waals surface area contributed by atoms with Crippen LogP contribution in [0.1, 0.15) is 24.4 Å². The van der Waals surface area contributed by atoms with E-state index in [1.54, 1.807) is 42.3 Å². The first kappa shape index (κ1) is 14.3. The van der Waals surface area contributed by atoms with E-state index in [9.17, 15) is 13.2 Å². The number of hydrogen-bond acceptors (Lipinski definition) is 2. The minimum Gasteiger partial charge on any atom is -0.316 e. The summed E-state index contributed by atoms with van der Waals surface area (Å²) < 4.78 is 40.1. The molecule has 0 aliphatic carbocycles. The van der Waals surface area contributed by atoms with Gasteiger partial charge in [0.25, 0.3) is 0 Å². The summed E-state index contributed by atoms with van der Waals surface area (Å²) in [5, 5.41) is 3.08. The van der Waals surface area contributed by atoms with Gasteiger partial charge in [0.1, 0.15) is 6.04 Å². The van der Waals surface area contributed by atoms with Crippen LogP contribution in [0.3, 0.4) is 0 Å². The number of likely N-dealkylation sites (tertiary alicyclic amines) is 1. The molecular weight excluding hydrogens is 253 g/mol. The molecule has 1 heterocycles. The van der Waals surface area contributed by atoms with Gasteiger partial charge in [0.15, 0.2) is 0 Å². The normalized spacial score (nSPS) is 23.3. The van der Waals surface area contributed by atoms with Crippen molar-refractivity contribution in [2.45, 2.75) is 31.1 Å². The highest BCUT2D eigenvalue weighted by molar-refractivity contribution is 5.21. The van der Waals surface area contributed by atoms with Gasteiger partial charge in [0.05, 0.1) is 0 Å². The van der Waals surface area contributed by atoms with Gasteiger partial charge in [-0.2, -0.15) is 13.2 Å². The summed E-state index contributed by atoms with van der Waals surface area (Å²) >= 11 is 0. The van der Waals surface area contributed by atoms with Crippen LogP contribution in [0, 0.1) is 0 Å². The SMILES string of the molecule is CNC1CCCN(C(c2ccccc2)C(F)(F)F)C1. The molecule has 1 saturated heterocycles. The summed E-state index contributed by atoms with van der Waals surface area (Å²) in [6.45, 7) is 0.937. The van der Waals surface area contributed by atoms with Gasteiger partial charge >= 0.3 is 6.18 Å². The molecule has 0 saturated carbocycles. The van der Waals surface area contributed by atoms with Gasteiger partial charge in [-0.3, -0.25) is 4.90 Å². The van der Waals surface area contributed by atoms with Crippen LogP contribution in [0.4, 0.5) is 13.2 Å². The maximum atomic E-state index is 13.4. The standard InChI is InChI=1S/C14H19F3N2/c1-18-12-8-5-9-19(10-12)13(14(15,16)17)11-6-3-2-4-7-11/h2-4,6-7,12-13,18H,5,8-10H2,1H3. The van der Waals surface area contributed by atoms with E-state index in [2.05, 4.69) is 5.32 Å². The molecule has 0 aromatic heterocycles. The molecule has 1 fully saturated rings. The molecule has 1 N–H and O–H groups in total. The molecule has 1 aromatic rings. The third kappa shape index (κ3) is 3.48. The van der Waals surface area contributed by atoms with Crippen molar-refractivity contribution in [2.24, 2.45) is 0 Å². The van der Waals surface area contributed by atoms with Gasteiger partial charge < -0.3 is 5.32 Å². The summed E-state index contributed by atoms with van der Waals surface area (Å²) in [4.78, 5) is 1.54. The Kier molecular flexibility index (Phi) is 4.47. The third-order valence-electron chi connectivity index (χ3n) is 3.65. The first-order valence-corrected chi connectivity index (χ1v) is 6.55. The average Bonchev–Trinajstić information content (AvgIpc) is 2.39. The summed E-state index contributed by atoms with van der Waals surface area (Å²) in [5.74, 6) is 0. The number of halogens is 3. The van der Waals surface area contributed by atoms with E-state index < -0.39 is 12.2 Å². The zero-order chi connectivity index (χ0) is 13.9. The van der Waals surface area contributed by atoms with Gasteiger partial charge in [-0.15, -0.1) is 0 Å². The van der Waals surface area contributed by atoms with Crippen molar-refractivity contribution < 1.29 is 13.2 Å². The van der Waals surface area contributed by atoms with Crippen LogP contribution in [0.2, 0.25) is 0 Å². The first-order valence-electron chi connectivity index (χ1n) is 6.55. The van der Waals surface area contributed by atoms with Gasteiger partial charge in [-0.1, -0.05) is 30.3 Å². The molecule has 2 atom stereocenters. The number of alkyl halides is 3. The Bertz CT molecular complexity index is 391.